The highest BCUT2D eigenvalue weighted by Crippen LogP contribution is 2.12. The second-order valence-electron chi connectivity index (χ2n) is 4.99. The summed E-state index contributed by atoms with van der Waals surface area (Å²) in [6.07, 6.45) is 7.59. The number of unbranched alkanes of at least 4 members (excludes halogenated alkanes) is 3. The summed E-state index contributed by atoms with van der Waals surface area (Å²) in [4.78, 5) is 15.9. The average Bonchev–Trinajstić information content (AvgIpc) is 2.53. The Labute approximate surface area is 126 Å². The van der Waals surface area contributed by atoms with Gasteiger partial charge < -0.3 is 4.74 Å². The van der Waals surface area contributed by atoms with Crippen LogP contribution in [0.2, 0.25) is 0 Å². The van der Waals surface area contributed by atoms with Gasteiger partial charge in [-0.1, -0.05) is 38.3 Å². The molecule has 0 N–H and O–H groups in total. The number of aryl methyl sites for hydroxylation is 1. The van der Waals surface area contributed by atoms with Gasteiger partial charge in [-0.15, -0.1) is 0 Å². The molecule has 0 fully saturated rings. The standard InChI is InChI=1S/C18H20NO2/c1-2-3-4-5-8-15-10-12-16(13-11-15)18(20)21-17-9-6-7-14-19-17/h7,9-14H,2-5,8H2,1H3. The number of pyridine rings is 1. The van der Waals surface area contributed by atoms with Crippen molar-refractivity contribution in [3.05, 3.63) is 59.8 Å². The first kappa shape index (κ1) is 15.2. The van der Waals surface area contributed by atoms with E-state index in [4.69, 9.17) is 4.74 Å². The number of esters is 1. The molecule has 0 saturated carbocycles. The Morgan fingerprint density at radius 3 is 2.67 bits per heavy atom. The van der Waals surface area contributed by atoms with Crippen LogP contribution in [0.5, 0.6) is 5.88 Å². The van der Waals surface area contributed by atoms with Crippen LogP contribution in [-0.2, 0) is 6.42 Å². The van der Waals surface area contributed by atoms with Gasteiger partial charge in [-0.05, 0) is 42.7 Å². The monoisotopic (exact) mass is 282 g/mol. The maximum Gasteiger partial charge on any atom is 0.344 e. The van der Waals surface area contributed by atoms with E-state index in [9.17, 15) is 4.79 Å². The van der Waals surface area contributed by atoms with Crippen LogP contribution in [0.1, 0.15) is 48.5 Å². The maximum atomic E-state index is 11.9. The molecule has 2 aromatic rings. The number of carbonyl (C=O) groups excluding carboxylic acids is 1. The van der Waals surface area contributed by atoms with Crippen molar-refractivity contribution in [1.29, 1.82) is 0 Å². The Morgan fingerprint density at radius 2 is 2.00 bits per heavy atom. The van der Waals surface area contributed by atoms with Crippen LogP contribution in [0.4, 0.5) is 0 Å². The normalized spacial score (nSPS) is 10.3. The summed E-state index contributed by atoms with van der Waals surface area (Å²) in [5.41, 5.74) is 1.80. The first-order chi connectivity index (χ1) is 10.3. The minimum absolute atomic E-state index is 0.270. The molecule has 1 aromatic carbocycles. The SMILES string of the molecule is CCCCCCc1ccc(C(=O)Oc2c[c]ccn2)cc1. The van der Waals surface area contributed by atoms with Crippen molar-refractivity contribution in [2.24, 2.45) is 0 Å². The quantitative estimate of drug-likeness (QED) is 0.563. The summed E-state index contributed by atoms with van der Waals surface area (Å²) in [6.45, 7) is 2.21. The van der Waals surface area contributed by atoms with Crippen LogP contribution in [0.15, 0.2) is 42.6 Å². The predicted octanol–water partition coefficient (Wildman–Crippen LogP) is 4.22. The van der Waals surface area contributed by atoms with Crippen molar-refractivity contribution in [3.8, 4) is 5.88 Å². The molecule has 21 heavy (non-hydrogen) atoms. The minimum Gasteiger partial charge on any atom is -0.404 e. The molecule has 0 spiro atoms. The highest BCUT2D eigenvalue weighted by Gasteiger charge is 2.08. The molecule has 0 saturated heterocycles. The van der Waals surface area contributed by atoms with E-state index in [0.29, 0.717) is 5.56 Å². The summed E-state index contributed by atoms with van der Waals surface area (Å²) in [5, 5.41) is 0. The number of rotatable bonds is 7. The van der Waals surface area contributed by atoms with Crippen molar-refractivity contribution >= 4 is 5.97 Å². The van der Waals surface area contributed by atoms with Crippen molar-refractivity contribution in [3.63, 3.8) is 0 Å². The third kappa shape index (κ3) is 5.03. The van der Waals surface area contributed by atoms with Gasteiger partial charge in [-0.25, -0.2) is 9.78 Å². The molecule has 1 radical (unpaired) electrons. The second kappa shape index (κ2) is 8.20. The summed E-state index contributed by atoms with van der Waals surface area (Å²) in [5.74, 6) is -0.120. The van der Waals surface area contributed by atoms with Gasteiger partial charge in [0.25, 0.3) is 0 Å². The van der Waals surface area contributed by atoms with E-state index >= 15 is 0 Å². The average molecular weight is 282 g/mol. The highest BCUT2D eigenvalue weighted by molar-refractivity contribution is 5.90. The van der Waals surface area contributed by atoms with E-state index in [-0.39, 0.29) is 11.8 Å². The lowest BCUT2D eigenvalue weighted by molar-refractivity contribution is 0.0727. The van der Waals surface area contributed by atoms with E-state index in [0.717, 1.165) is 6.42 Å². The number of aromatic nitrogens is 1. The van der Waals surface area contributed by atoms with E-state index in [1.165, 1.54) is 31.2 Å². The Bertz CT molecular complexity index is 549. The fourth-order valence-electron chi connectivity index (χ4n) is 2.08. The van der Waals surface area contributed by atoms with Crippen molar-refractivity contribution in [2.75, 3.05) is 0 Å². The molecule has 0 bridgehead atoms. The summed E-state index contributed by atoms with van der Waals surface area (Å²) < 4.78 is 5.17. The van der Waals surface area contributed by atoms with E-state index in [1.807, 2.05) is 24.3 Å². The molecule has 1 heterocycles. The van der Waals surface area contributed by atoms with Gasteiger partial charge in [0.05, 0.1) is 5.56 Å². The molecule has 0 amide bonds. The number of carbonyl (C=O) groups is 1. The first-order valence-corrected chi connectivity index (χ1v) is 7.43. The topological polar surface area (TPSA) is 39.2 Å². The van der Waals surface area contributed by atoms with Crippen molar-refractivity contribution in [2.45, 2.75) is 39.0 Å². The number of ether oxygens (including phenoxy) is 1. The van der Waals surface area contributed by atoms with Crippen LogP contribution in [0.3, 0.4) is 0 Å². The molecular formula is C18H20NO2. The predicted molar refractivity (Wildman–Crippen MR) is 82.3 cm³/mol. The number of hydrogen-bond acceptors (Lipinski definition) is 3. The van der Waals surface area contributed by atoms with Gasteiger partial charge in [0.1, 0.15) is 0 Å². The molecule has 0 atom stereocenters. The molecule has 3 heteroatoms. The van der Waals surface area contributed by atoms with Gasteiger partial charge >= 0.3 is 5.97 Å². The van der Waals surface area contributed by atoms with Crippen LogP contribution in [0, 0.1) is 6.07 Å². The Morgan fingerprint density at radius 1 is 1.19 bits per heavy atom. The number of benzene rings is 1. The molecule has 2 rings (SSSR count). The van der Waals surface area contributed by atoms with Crippen LogP contribution < -0.4 is 4.74 Å². The smallest absolute Gasteiger partial charge is 0.344 e. The largest absolute Gasteiger partial charge is 0.404 e. The number of nitrogens with zero attached hydrogens (tertiary/aromatic N) is 1. The van der Waals surface area contributed by atoms with E-state index in [1.54, 1.807) is 18.3 Å². The Balaban J connectivity index is 1.88. The van der Waals surface area contributed by atoms with Crippen LogP contribution in [-0.4, -0.2) is 11.0 Å². The third-order valence-electron chi connectivity index (χ3n) is 3.29. The van der Waals surface area contributed by atoms with Crippen LogP contribution in [0.25, 0.3) is 0 Å². The number of hydrogen-bond donors (Lipinski definition) is 0. The lowest BCUT2D eigenvalue weighted by atomic mass is 10.0. The first-order valence-electron chi connectivity index (χ1n) is 7.43. The molecule has 0 aliphatic carbocycles. The lowest BCUT2D eigenvalue weighted by Gasteiger charge is -2.05. The molecule has 3 nitrogen and oxygen atoms in total. The Hall–Kier alpha value is -2.16. The summed E-state index contributed by atoms with van der Waals surface area (Å²) >= 11 is 0. The molecule has 1 aromatic heterocycles. The zero-order chi connectivity index (χ0) is 14.9. The molecular weight excluding hydrogens is 262 g/mol. The van der Waals surface area contributed by atoms with Gasteiger partial charge in [-0.3, -0.25) is 0 Å². The summed E-state index contributed by atoms with van der Waals surface area (Å²) in [6, 6.07) is 13.6. The van der Waals surface area contributed by atoms with E-state index < -0.39 is 0 Å². The fourth-order valence-corrected chi connectivity index (χ4v) is 2.08. The molecule has 0 aliphatic rings. The minimum atomic E-state index is -0.389. The molecule has 0 unspecified atom stereocenters. The maximum absolute atomic E-state index is 11.9. The zero-order valence-electron chi connectivity index (χ0n) is 12.3. The zero-order valence-corrected chi connectivity index (χ0v) is 12.3. The summed E-state index contributed by atoms with van der Waals surface area (Å²) in [7, 11) is 0. The van der Waals surface area contributed by atoms with Gasteiger partial charge in [0.2, 0.25) is 5.88 Å². The van der Waals surface area contributed by atoms with Crippen molar-refractivity contribution in [1.82, 2.24) is 4.98 Å². The lowest BCUT2D eigenvalue weighted by Crippen LogP contribution is -2.09. The Kier molecular flexibility index (Phi) is 5.95. The third-order valence-corrected chi connectivity index (χ3v) is 3.29. The van der Waals surface area contributed by atoms with Crippen LogP contribution >= 0.6 is 0 Å². The molecule has 109 valence electrons. The van der Waals surface area contributed by atoms with Gasteiger partial charge in [-0.2, -0.15) is 0 Å². The van der Waals surface area contributed by atoms with Gasteiger partial charge in [0.15, 0.2) is 0 Å². The highest BCUT2D eigenvalue weighted by atomic mass is 16.5. The van der Waals surface area contributed by atoms with E-state index in [2.05, 4.69) is 18.0 Å². The second-order valence-corrected chi connectivity index (χ2v) is 4.99. The van der Waals surface area contributed by atoms with Crippen molar-refractivity contribution < 1.29 is 9.53 Å². The fraction of sp³-hybridized carbons (Fsp3) is 0.333. The molecule has 0 aliphatic heterocycles. The van der Waals surface area contributed by atoms with Gasteiger partial charge in [0, 0.05) is 12.3 Å².